The Morgan fingerprint density at radius 1 is 1.24 bits per heavy atom. The Labute approximate surface area is 110 Å². The van der Waals surface area contributed by atoms with Gasteiger partial charge in [-0.3, -0.25) is 0 Å². The largest absolute Gasteiger partial charge is 0.399 e. The summed E-state index contributed by atoms with van der Waals surface area (Å²) >= 11 is 5.08. The SMILES string of the molecule is Nc1ccc(Br)c(-c2nc3cccnc3s2)c1. The zero-order valence-electron chi connectivity index (χ0n) is 8.72. The van der Waals surface area contributed by atoms with Crippen molar-refractivity contribution < 1.29 is 0 Å². The molecule has 0 aliphatic carbocycles. The van der Waals surface area contributed by atoms with Crippen LogP contribution in [0.1, 0.15) is 0 Å². The van der Waals surface area contributed by atoms with Gasteiger partial charge in [0.05, 0.1) is 0 Å². The van der Waals surface area contributed by atoms with E-state index in [0.717, 1.165) is 31.1 Å². The standard InChI is InChI=1S/C12H8BrN3S/c13-9-4-3-7(14)6-8(9)11-16-10-2-1-5-15-12(10)17-11/h1-6H,14H2. The molecule has 0 radical (unpaired) electrons. The van der Waals surface area contributed by atoms with Crippen LogP contribution >= 0.6 is 27.3 Å². The molecule has 0 saturated carbocycles. The van der Waals surface area contributed by atoms with Gasteiger partial charge in [0, 0.05) is 21.9 Å². The molecule has 0 unspecified atom stereocenters. The number of aromatic nitrogens is 2. The summed E-state index contributed by atoms with van der Waals surface area (Å²) in [6.45, 7) is 0. The third kappa shape index (κ3) is 1.92. The molecule has 0 aliphatic heterocycles. The fourth-order valence-electron chi connectivity index (χ4n) is 1.59. The number of rotatable bonds is 1. The lowest BCUT2D eigenvalue weighted by Crippen LogP contribution is -1.86. The average molecular weight is 306 g/mol. The van der Waals surface area contributed by atoms with Crippen LogP contribution in [0.3, 0.4) is 0 Å². The summed E-state index contributed by atoms with van der Waals surface area (Å²) in [5.74, 6) is 0. The number of anilines is 1. The normalized spacial score (nSPS) is 10.9. The number of hydrogen-bond donors (Lipinski definition) is 1. The van der Waals surface area contributed by atoms with Gasteiger partial charge in [-0.25, -0.2) is 9.97 Å². The molecule has 2 aromatic heterocycles. The Balaban J connectivity index is 2.23. The van der Waals surface area contributed by atoms with Crippen LogP contribution in [0.15, 0.2) is 41.0 Å². The molecular weight excluding hydrogens is 298 g/mol. The second-order valence-electron chi connectivity index (χ2n) is 3.59. The quantitative estimate of drug-likeness (QED) is 0.697. The first kappa shape index (κ1) is 10.7. The number of nitrogens with zero attached hydrogens (tertiary/aromatic N) is 2. The maximum atomic E-state index is 5.80. The third-order valence-corrected chi connectivity index (χ3v) is 4.09. The van der Waals surface area contributed by atoms with Gasteiger partial charge in [0.2, 0.25) is 0 Å². The Morgan fingerprint density at radius 3 is 2.94 bits per heavy atom. The molecule has 17 heavy (non-hydrogen) atoms. The Bertz CT molecular complexity index is 660. The molecule has 84 valence electrons. The molecule has 0 spiro atoms. The van der Waals surface area contributed by atoms with E-state index < -0.39 is 0 Å². The molecule has 5 heteroatoms. The number of fused-ring (bicyclic) bond motifs is 1. The molecule has 0 atom stereocenters. The van der Waals surface area contributed by atoms with E-state index in [-0.39, 0.29) is 0 Å². The van der Waals surface area contributed by atoms with Gasteiger partial charge in [0.1, 0.15) is 15.4 Å². The van der Waals surface area contributed by atoms with Crippen LogP contribution in [0.4, 0.5) is 5.69 Å². The van der Waals surface area contributed by atoms with E-state index in [1.54, 1.807) is 17.5 Å². The molecule has 3 aromatic rings. The number of halogens is 1. The zero-order valence-corrected chi connectivity index (χ0v) is 11.1. The molecule has 0 fully saturated rings. The summed E-state index contributed by atoms with van der Waals surface area (Å²) < 4.78 is 0.991. The smallest absolute Gasteiger partial charge is 0.143 e. The highest BCUT2D eigenvalue weighted by molar-refractivity contribution is 9.10. The van der Waals surface area contributed by atoms with Crippen molar-refractivity contribution in [3.63, 3.8) is 0 Å². The summed E-state index contributed by atoms with van der Waals surface area (Å²) in [4.78, 5) is 9.79. The highest BCUT2D eigenvalue weighted by Gasteiger charge is 2.10. The minimum atomic E-state index is 0.732. The maximum absolute atomic E-state index is 5.80. The van der Waals surface area contributed by atoms with Gasteiger partial charge < -0.3 is 5.73 Å². The van der Waals surface area contributed by atoms with E-state index in [2.05, 4.69) is 25.9 Å². The average Bonchev–Trinajstić information content (AvgIpc) is 2.75. The van der Waals surface area contributed by atoms with Crippen molar-refractivity contribution in [3.8, 4) is 10.6 Å². The number of nitrogens with two attached hydrogens (primary N) is 1. The topological polar surface area (TPSA) is 51.8 Å². The number of nitrogen functional groups attached to an aromatic ring is 1. The molecule has 0 amide bonds. The fraction of sp³-hybridized carbons (Fsp3) is 0. The molecule has 1 aromatic carbocycles. The second-order valence-corrected chi connectivity index (χ2v) is 5.42. The van der Waals surface area contributed by atoms with Crippen molar-refractivity contribution in [2.75, 3.05) is 5.73 Å². The summed E-state index contributed by atoms with van der Waals surface area (Å²) in [7, 11) is 0. The first-order valence-corrected chi connectivity index (χ1v) is 6.62. The molecule has 2 heterocycles. The van der Waals surface area contributed by atoms with Crippen molar-refractivity contribution in [3.05, 3.63) is 41.0 Å². The number of thiazole rings is 1. The lowest BCUT2D eigenvalue weighted by Gasteiger charge is -2.01. The monoisotopic (exact) mass is 305 g/mol. The van der Waals surface area contributed by atoms with Crippen molar-refractivity contribution in [1.29, 1.82) is 0 Å². The van der Waals surface area contributed by atoms with Gasteiger partial charge >= 0.3 is 0 Å². The van der Waals surface area contributed by atoms with Gasteiger partial charge in [-0.15, -0.1) is 0 Å². The van der Waals surface area contributed by atoms with E-state index in [1.165, 1.54) is 0 Å². The van der Waals surface area contributed by atoms with E-state index in [4.69, 9.17) is 5.73 Å². The Hall–Kier alpha value is -1.46. The van der Waals surface area contributed by atoms with Crippen LogP contribution in [-0.2, 0) is 0 Å². The first-order valence-electron chi connectivity index (χ1n) is 5.01. The van der Waals surface area contributed by atoms with E-state index >= 15 is 0 Å². The minimum Gasteiger partial charge on any atom is -0.399 e. The van der Waals surface area contributed by atoms with Crippen LogP contribution in [0.2, 0.25) is 0 Å². The summed E-state index contributed by atoms with van der Waals surface area (Å²) in [5, 5.41) is 0.929. The van der Waals surface area contributed by atoms with Crippen molar-refractivity contribution in [2.24, 2.45) is 0 Å². The molecule has 0 bridgehead atoms. The fourth-order valence-corrected chi connectivity index (χ4v) is 3.10. The van der Waals surface area contributed by atoms with Crippen LogP contribution in [0.25, 0.3) is 20.9 Å². The third-order valence-electron chi connectivity index (χ3n) is 2.39. The molecule has 0 saturated heterocycles. The molecule has 0 aliphatic rings. The maximum Gasteiger partial charge on any atom is 0.143 e. The molecule has 3 rings (SSSR count). The summed E-state index contributed by atoms with van der Waals surface area (Å²) in [6.07, 6.45) is 1.78. The predicted molar refractivity (Wildman–Crippen MR) is 75.0 cm³/mol. The highest BCUT2D eigenvalue weighted by atomic mass is 79.9. The van der Waals surface area contributed by atoms with Gasteiger partial charge in [0.15, 0.2) is 0 Å². The van der Waals surface area contributed by atoms with Crippen molar-refractivity contribution in [2.45, 2.75) is 0 Å². The van der Waals surface area contributed by atoms with Crippen LogP contribution in [0, 0.1) is 0 Å². The van der Waals surface area contributed by atoms with Crippen LogP contribution in [-0.4, -0.2) is 9.97 Å². The van der Waals surface area contributed by atoms with Crippen molar-refractivity contribution >= 4 is 43.3 Å². The van der Waals surface area contributed by atoms with Gasteiger partial charge in [0.25, 0.3) is 0 Å². The van der Waals surface area contributed by atoms with Gasteiger partial charge in [-0.05, 0) is 30.3 Å². The molecule has 2 N–H and O–H groups in total. The first-order chi connectivity index (χ1) is 8.24. The minimum absolute atomic E-state index is 0.732. The number of hydrogen-bond acceptors (Lipinski definition) is 4. The summed E-state index contributed by atoms with van der Waals surface area (Å²) in [6, 6.07) is 9.56. The Kier molecular flexibility index (Phi) is 2.57. The second kappa shape index (κ2) is 4.09. The van der Waals surface area contributed by atoms with Crippen molar-refractivity contribution in [1.82, 2.24) is 9.97 Å². The van der Waals surface area contributed by atoms with Gasteiger partial charge in [-0.2, -0.15) is 0 Å². The van der Waals surface area contributed by atoms with E-state index in [1.807, 2.05) is 30.3 Å². The number of benzene rings is 1. The van der Waals surface area contributed by atoms with E-state index in [0.29, 0.717) is 0 Å². The summed E-state index contributed by atoms with van der Waals surface area (Å²) in [5.41, 5.74) is 8.46. The van der Waals surface area contributed by atoms with Gasteiger partial charge in [-0.1, -0.05) is 27.3 Å². The molecular formula is C12H8BrN3S. The Morgan fingerprint density at radius 2 is 2.12 bits per heavy atom. The highest BCUT2D eigenvalue weighted by Crippen LogP contribution is 2.34. The zero-order chi connectivity index (χ0) is 11.8. The lowest BCUT2D eigenvalue weighted by molar-refractivity contribution is 1.40. The lowest BCUT2D eigenvalue weighted by atomic mass is 10.2. The van der Waals surface area contributed by atoms with Crippen LogP contribution in [0.5, 0.6) is 0 Å². The van der Waals surface area contributed by atoms with Crippen LogP contribution < -0.4 is 5.73 Å². The predicted octanol–water partition coefficient (Wildman–Crippen LogP) is 3.70. The molecule has 3 nitrogen and oxygen atoms in total. The van der Waals surface area contributed by atoms with E-state index in [9.17, 15) is 0 Å². The number of pyridine rings is 1.